The third kappa shape index (κ3) is 5.05. The normalized spacial score (nSPS) is 15.2. The molecule has 1 aromatic heterocycles. The fraction of sp³-hybridized carbons (Fsp3) is 0.231. The van der Waals surface area contributed by atoms with Crippen LogP contribution in [-0.4, -0.2) is 44.9 Å². The van der Waals surface area contributed by atoms with E-state index >= 15 is 0 Å². The number of carbonyl (C=O) groups is 1. The topological polar surface area (TPSA) is 132 Å². The standard InChI is InChI=1S/C13H13Cl2F5N4O5S3/c1-6(25)10-12(24(30(2,26)27)31(3,28)29)13(21)23(22-10)11-8(14)4-7(5-9(11)15)32(16,17,18,19)20/h4-5H,21H2,1-3H3. The Bertz CT molecular complexity index is 1320. The molecule has 2 aromatic rings. The number of nitrogens with two attached hydrogens (primary N) is 1. The van der Waals surface area contributed by atoms with Crippen LogP contribution >= 0.6 is 33.4 Å². The van der Waals surface area contributed by atoms with E-state index in [0.29, 0.717) is 17.2 Å². The molecular formula is C13H13Cl2F5N4O5S3. The molecule has 2 N–H and O–H groups in total. The van der Waals surface area contributed by atoms with Gasteiger partial charge in [0.2, 0.25) is 20.0 Å². The summed E-state index contributed by atoms with van der Waals surface area (Å²) in [5.41, 5.74) is 3.25. The lowest BCUT2D eigenvalue weighted by Crippen LogP contribution is -2.36. The van der Waals surface area contributed by atoms with E-state index in [2.05, 4.69) is 5.10 Å². The second kappa shape index (κ2) is 6.85. The molecule has 0 bridgehead atoms. The molecule has 1 heterocycles. The van der Waals surface area contributed by atoms with Gasteiger partial charge >= 0.3 is 10.2 Å². The van der Waals surface area contributed by atoms with Gasteiger partial charge in [-0.2, -0.15) is 8.81 Å². The maximum atomic E-state index is 13.1. The van der Waals surface area contributed by atoms with Gasteiger partial charge in [0, 0.05) is 6.92 Å². The summed E-state index contributed by atoms with van der Waals surface area (Å²) in [6.07, 6.45) is 0.941. The third-order valence-corrected chi connectivity index (χ3v) is 8.56. The summed E-state index contributed by atoms with van der Waals surface area (Å²) in [7, 11) is -19.5. The van der Waals surface area contributed by atoms with E-state index in [0.717, 1.165) is 6.92 Å². The molecule has 0 saturated carbocycles. The molecule has 0 fully saturated rings. The SMILES string of the molecule is CC(=O)c1nn(-c2c(Cl)cc(S(F)(F)(F)(F)F)cc2Cl)c(N)c1N(S(C)(=O)=O)S(C)(=O)=O. The van der Waals surface area contributed by atoms with Crippen molar-refractivity contribution in [2.24, 2.45) is 0 Å². The van der Waals surface area contributed by atoms with Gasteiger partial charge in [-0.15, -0.1) is 0 Å². The van der Waals surface area contributed by atoms with Crippen LogP contribution in [-0.2, 0) is 20.0 Å². The molecule has 19 heteroatoms. The highest BCUT2D eigenvalue weighted by Gasteiger charge is 2.65. The van der Waals surface area contributed by atoms with Crippen LogP contribution in [0.1, 0.15) is 17.4 Å². The molecule has 0 atom stereocenters. The largest absolute Gasteiger partial charge is 0.382 e. The summed E-state index contributed by atoms with van der Waals surface area (Å²) in [5, 5.41) is 1.51. The zero-order valence-corrected chi connectivity index (χ0v) is 19.9. The summed E-state index contributed by atoms with van der Waals surface area (Å²) in [6, 6.07) is -0.326. The van der Waals surface area contributed by atoms with Gasteiger partial charge in [0.1, 0.15) is 16.3 Å². The van der Waals surface area contributed by atoms with E-state index in [-0.39, 0.29) is 15.8 Å². The average Bonchev–Trinajstić information content (AvgIpc) is 2.79. The van der Waals surface area contributed by atoms with Gasteiger partial charge in [-0.1, -0.05) is 42.6 Å². The molecule has 0 aliphatic rings. The molecule has 2 rings (SSSR count). The molecule has 0 radical (unpaired) electrons. The highest BCUT2D eigenvalue weighted by Crippen LogP contribution is 3.02. The Morgan fingerprint density at radius 3 is 1.75 bits per heavy atom. The van der Waals surface area contributed by atoms with E-state index in [1.165, 1.54) is 0 Å². The number of sulfonamides is 2. The van der Waals surface area contributed by atoms with Crippen LogP contribution in [0.5, 0.6) is 0 Å². The van der Waals surface area contributed by atoms with E-state index in [4.69, 9.17) is 28.9 Å². The Hall–Kier alpha value is -1.82. The highest BCUT2D eigenvalue weighted by atomic mass is 35.5. The molecule has 0 aliphatic carbocycles. The number of benzene rings is 1. The van der Waals surface area contributed by atoms with Crippen LogP contribution in [0.15, 0.2) is 17.0 Å². The second-order valence-electron chi connectivity index (χ2n) is 6.48. The number of Topliss-reactive ketones (excluding diaryl/α,β-unsaturated/α-hetero) is 1. The van der Waals surface area contributed by atoms with Crippen molar-refractivity contribution in [3.8, 4) is 5.69 Å². The van der Waals surface area contributed by atoms with Gasteiger partial charge in [0.25, 0.3) is 0 Å². The average molecular weight is 567 g/mol. The molecular weight excluding hydrogens is 554 g/mol. The lowest BCUT2D eigenvalue weighted by atomic mass is 10.3. The first kappa shape index (κ1) is 26.4. The number of nitrogen functional groups attached to an aromatic ring is 1. The Morgan fingerprint density at radius 2 is 1.44 bits per heavy atom. The van der Waals surface area contributed by atoms with Crippen LogP contribution < -0.4 is 9.44 Å². The predicted molar refractivity (Wildman–Crippen MR) is 112 cm³/mol. The van der Waals surface area contributed by atoms with Gasteiger partial charge in [0.15, 0.2) is 17.3 Å². The Labute approximate surface area is 188 Å². The van der Waals surface area contributed by atoms with E-state index in [1.54, 1.807) is 0 Å². The summed E-state index contributed by atoms with van der Waals surface area (Å²) >= 11 is 11.4. The smallest absolute Gasteiger partial charge is 0.310 e. The molecule has 182 valence electrons. The van der Waals surface area contributed by atoms with Crippen molar-refractivity contribution < 1.29 is 41.1 Å². The number of hydrogen-bond donors (Lipinski definition) is 1. The fourth-order valence-electron chi connectivity index (χ4n) is 2.56. The van der Waals surface area contributed by atoms with Crippen molar-refractivity contribution >= 4 is 70.8 Å². The van der Waals surface area contributed by atoms with E-state index in [1.807, 2.05) is 0 Å². The van der Waals surface area contributed by atoms with E-state index in [9.17, 15) is 41.1 Å². The maximum Gasteiger partial charge on any atom is 0.310 e. The molecule has 0 unspecified atom stereocenters. The first-order valence-electron chi connectivity index (χ1n) is 7.69. The van der Waals surface area contributed by atoms with Crippen LogP contribution in [0.3, 0.4) is 0 Å². The summed E-state index contributed by atoms with van der Waals surface area (Å²) in [5.74, 6) is -1.89. The van der Waals surface area contributed by atoms with Gasteiger partial charge in [-0.25, -0.2) is 21.5 Å². The molecule has 1 aromatic carbocycles. The zero-order valence-electron chi connectivity index (χ0n) is 16.0. The Balaban J connectivity index is 2.98. The van der Waals surface area contributed by atoms with E-state index < -0.39 is 73.9 Å². The van der Waals surface area contributed by atoms with Gasteiger partial charge in [-0.05, 0) is 12.1 Å². The monoisotopic (exact) mass is 566 g/mol. The second-order valence-corrected chi connectivity index (χ2v) is 13.6. The quantitative estimate of drug-likeness (QED) is 0.406. The van der Waals surface area contributed by atoms with Crippen molar-refractivity contribution in [3.05, 3.63) is 27.9 Å². The number of hydrogen-bond acceptors (Lipinski definition) is 7. The number of nitrogens with zero attached hydrogens (tertiary/aromatic N) is 3. The summed E-state index contributed by atoms with van der Waals surface area (Å²) < 4.78 is 114. The summed E-state index contributed by atoms with van der Waals surface area (Å²) in [4.78, 5) is 9.57. The molecule has 0 spiro atoms. The van der Waals surface area contributed by atoms with Gasteiger partial charge in [0.05, 0.1) is 22.6 Å². The lowest BCUT2D eigenvalue weighted by molar-refractivity contribution is 0.101. The first-order valence-corrected chi connectivity index (χ1v) is 14.1. The number of rotatable bonds is 6. The molecule has 0 amide bonds. The molecule has 9 nitrogen and oxygen atoms in total. The Kier molecular flexibility index (Phi) is 5.65. The maximum absolute atomic E-state index is 13.1. The minimum atomic E-state index is -10.2. The predicted octanol–water partition coefficient (Wildman–Crippen LogP) is 4.35. The van der Waals surface area contributed by atoms with Gasteiger partial charge < -0.3 is 5.73 Å². The molecule has 32 heavy (non-hydrogen) atoms. The third-order valence-electron chi connectivity index (χ3n) is 3.66. The fourth-order valence-corrected chi connectivity index (χ4v) is 7.00. The van der Waals surface area contributed by atoms with Crippen LogP contribution in [0.25, 0.3) is 5.69 Å². The van der Waals surface area contributed by atoms with Crippen LogP contribution in [0.4, 0.5) is 30.9 Å². The minimum Gasteiger partial charge on any atom is -0.382 e. The number of carbonyl (C=O) groups excluding carboxylic acids is 1. The number of ketones is 1. The van der Waals surface area contributed by atoms with Crippen LogP contribution in [0, 0.1) is 0 Å². The zero-order chi connectivity index (χ0) is 25.3. The number of aromatic nitrogens is 2. The first-order chi connectivity index (χ1) is 13.9. The summed E-state index contributed by atoms with van der Waals surface area (Å²) in [6.45, 7) is 0.860. The van der Waals surface area contributed by atoms with Crippen molar-refractivity contribution in [2.75, 3.05) is 22.0 Å². The minimum absolute atomic E-state index is 0.163. The van der Waals surface area contributed by atoms with Crippen molar-refractivity contribution in [1.29, 1.82) is 0 Å². The van der Waals surface area contributed by atoms with Crippen molar-refractivity contribution in [1.82, 2.24) is 9.78 Å². The number of anilines is 2. The molecule has 0 aliphatic heterocycles. The highest BCUT2D eigenvalue weighted by molar-refractivity contribution is 8.45. The van der Waals surface area contributed by atoms with Crippen LogP contribution in [0.2, 0.25) is 10.0 Å². The number of halogens is 7. The lowest BCUT2D eigenvalue weighted by Gasteiger charge is -2.40. The van der Waals surface area contributed by atoms with Gasteiger partial charge in [-0.3, -0.25) is 4.79 Å². The van der Waals surface area contributed by atoms with Crippen molar-refractivity contribution in [3.63, 3.8) is 0 Å². The molecule has 0 saturated heterocycles. The Morgan fingerprint density at radius 1 is 1.03 bits per heavy atom. The van der Waals surface area contributed by atoms with Crippen molar-refractivity contribution in [2.45, 2.75) is 11.8 Å².